The van der Waals surface area contributed by atoms with Crippen molar-refractivity contribution >= 4 is 17.9 Å². The number of hydrogen-bond donors (Lipinski definition) is 1. The average Bonchev–Trinajstić information content (AvgIpc) is 3.24. The number of hydrogen-bond acceptors (Lipinski definition) is 8. The molecule has 41 heavy (non-hydrogen) atoms. The van der Waals surface area contributed by atoms with E-state index in [1.807, 2.05) is 4.90 Å². The lowest BCUT2D eigenvalue weighted by atomic mass is 9.93. The summed E-state index contributed by atoms with van der Waals surface area (Å²) in [5.74, 6) is 1.21. The highest BCUT2D eigenvalue weighted by Gasteiger charge is 2.39. The van der Waals surface area contributed by atoms with Crippen molar-refractivity contribution in [1.29, 1.82) is 0 Å². The fourth-order valence-electron chi connectivity index (χ4n) is 5.15. The molecule has 2 aromatic carbocycles. The van der Waals surface area contributed by atoms with E-state index >= 15 is 0 Å². The topological polar surface area (TPSA) is 110 Å². The average molecular weight is 567 g/mol. The molecule has 2 heterocycles. The minimum atomic E-state index is -0.784. The number of nitrogens with zero attached hydrogens (tertiary/aromatic N) is 3. The van der Waals surface area contributed by atoms with Crippen molar-refractivity contribution < 1.29 is 33.3 Å². The molecule has 11 nitrogen and oxygen atoms in total. The van der Waals surface area contributed by atoms with Crippen LogP contribution >= 0.6 is 0 Å². The molecule has 2 aliphatic rings. The molecule has 4 rings (SSSR count). The number of amides is 3. The molecule has 2 aliphatic heterocycles. The molecule has 2 aromatic rings. The third-order valence-electron chi connectivity index (χ3n) is 7.41. The summed E-state index contributed by atoms with van der Waals surface area (Å²) in [6.45, 7) is 4.65. The van der Waals surface area contributed by atoms with Gasteiger partial charge in [0.25, 0.3) is 5.91 Å². The minimum absolute atomic E-state index is 0.0400. The Morgan fingerprint density at radius 2 is 1.63 bits per heavy atom. The third kappa shape index (κ3) is 6.57. The van der Waals surface area contributed by atoms with Gasteiger partial charge in [0.15, 0.2) is 0 Å². The highest BCUT2D eigenvalue weighted by Crippen LogP contribution is 2.37. The Bertz CT molecular complexity index is 1290. The van der Waals surface area contributed by atoms with E-state index in [0.717, 1.165) is 6.42 Å². The van der Waals surface area contributed by atoms with E-state index < -0.39 is 12.0 Å². The summed E-state index contributed by atoms with van der Waals surface area (Å²) < 4.78 is 21.6. The molecule has 1 fully saturated rings. The Kier molecular flexibility index (Phi) is 9.72. The lowest BCUT2D eigenvalue weighted by Crippen LogP contribution is -2.49. The van der Waals surface area contributed by atoms with E-state index in [0.29, 0.717) is 72.4 Å². The van der Waals surface area contributed by atoms with E-state index in [1.165, 1.54) is 12.0 Å². The summed E-state index contributed by atoms with van der Waals surface area (Å²) in [6, 6.07) is 11.2. The van der Waals surface area contributed by atoms with Crippen LogP contribution in [0.4, 0.5) is 4.79 Å². The van der Waals surface area contributed by atoms with Gasteiger partial charge in [-0.15, -0.1) is 0 Å². The molecule has 3 amide bonds. The van der Waals surface area contributed by atoms with E-state index in [1.54, 1.807) is 70.7 Å². The second-order valence-electron chi connectivity index (χ2n) is 9.78. The number of rotatable bonds is 9. The zero-order valence-electron chi connectivity index (χ0n) is 24.3. The van der Waals surface area contributed by atoms with Gasteiger partial charge in [-0.05, 0) is 49.7 Å². The molecular formula is C30H38N4O7. The normalized spacial score (nSPS) is 18.0. The number of urea groups is 1. The van der Waals surface area contributed by atoms with Crippen LogP contribution in [-0.2, 0) is 9.53 Å². The number of ether oxygens (including phenoxy) is 4. The van der Waals surface area contributed by atoms with Crippen molar-refractivity contribution in [1.82, 2.24) is 20.0 Å². The van der Waals surface area contributed by atoms with Crippen LogP contribution in [0.2, 0.25) is 0 Å². The van der Waals surface area contributed by atoms with Crippen molar-refractivity contribution in [3.8, 4) is 17.2 Å². The van der Waals surface area contributed by atoms with Gasteiger partial charge in [-0.2, -0.15) is 0 Å². The largest absolute Gasteiger partial charge is 0.497 e. The van der Waals surface area contributed by atoms with Gasteiger partial charge < -0.3 is 29.2 Å². The molecule has 1 atom stereocenters. The maximum atomic E-state index is 13.4. The van der Waals surface area contributed by atoms with Crippen LogP contribution in [-0.4, -0.2) is 100 Å². The number of carbonyl (C=O) groups excluding carboxylic acids is 3. The Balaban J connectivity index is 1.61. The Morgan fingerprint density at radius 3 is 2.29 bits per heavy atom. The fraction of sp³-hybridized carbons (Fsp3) is 0.433. The number of esters is 1. The van der Waals surface area contributed by atoms with E-state index in [4.69, 9.17) is 18.9 Å². The van der Waals surface area contributed by atoms with Crippen molar-refractivity contribution in [3.05, 3.63) is 64.9 Å². The second kappa shape index (κ2) is 13.4. The first-order chi connectivity index (χ1) is 19.8. The SMILES string of the molecule is CCOC(=O)C1=C(CN2CCCN(C(=O)c3ccc(OC)cc3)CC2)N(C)C(=O)NC1c1ccc(OC)cc1OC. The summed E-state index contributed by atoms with van der Waals surface area (Å²) in [5.41, 5.74) is 2.10. The molecule has 1 unspecified atom stereocenters. The molecule has 0 bridgehead atoms. The number of methoxy groups -OCH3 is 3. The van der Waals surface area contributed by atoms with Crippen LogP contribution < -0.4 is 19.5 Å². The minimum Gasteiger partial charge on any atom is -0.497 e. The molecule has 1 N–H and O–H groups in total. The van der Waals surface area contributed by atoms with Gasteiger partial charge in [-0.25, -0.2) is 9.59 Å². The monoisotopic (exact) mass is 566 g/mol. The number of nitrogens with one attached hydrogen (secondary N) is 1. The molecule has 0 spiro atoms. The van der Waals surface area contributed by atoms with Gasteiger partial charge in [-0.1, -0.05) is 0 Å². The van der Waals surface area contributed by atoms with Gasteiger partial charge >= 0.3 is 12.0 Å². The van der Waals surface area contributed by atoms with Gasteiger partial charge in [0.05, 0.1) is 39.6 Å². The lowest BCUT2D eigenvalue weighted by Gasteiger charge is -2.37. The molecule has 220 valence electrons. The molecule has 1 saturated heterocycles. The van der Waals surface area contributed by atoms with Crippen LogP contribution in [0.3, 0.4) is 0 Å². The van der Waals surface area contributed by atoms with Crippen molar-refractivity contribution in [2.24, 2.45) is 0 Å². The van der Waals surface area contributed by atoms with Crippen LogP contribution in [0.1, 0.15) is 35.3 Å². The van der Waals surface area contributed by atoms with Crippen LogP contribution in [0, 0.1) is 0 Å². The number of carbonyl (C=O) groups is 3. The van der Waals surface area contributed by atoms with Gasteiger partial charge in [0.1, 0.15) is 17.2 Å². The number of benzene rings is 2. The summed E-state index contributed by atoms with van der Waals surface area (Å²) in [7, 11) is 6.31. The first-order valence-corrected chi connectivity index (χ1v) is 13.6. The summed E-state index contributed by atoms with van der Waals surface area (Å²) in [4.78, 5) is 45.2. The van der Waals surface area contributed by atoms with Gasteiger partial charge in [-0.3, -0.25) is 14.6 Å². The second-order valence-corrected chi connectivity index (χ2v) is 9.78. The Labute approximate surface area is 240 Å². The molecule has 0 radical (unpaired) electrons. The zero-order valence-corrected chi connectivity index (χ0v) is 24.3. The third-order valence-corrected chi connectivity index (χ3v) is 7.41. The van der Waals surface area contributed by atoms with Gasteiger partial charge in [0.2, 0.25) is 0 Å². The molecular weight excluding hydrogens is 528 g/mol. The van der Waals surface area contributed by atoms with Gasteiger partial charge in [0, 0.05) is 62.7 Å². The van der Waals surface area contributed by atoms with E-state index in [2.05, 4.69) is 10.2 Å². The standard InChI is InChI=1S/C30H38N4O7/c1-6-41-29(36)26-24(32(2)30(37)31-27(26)23-13-12-22(39-4)18-25(23)40-5)19-33-14-7-15-34(17-16-33)28(35)20-8-10-21(38-3)11-9-20/h8-13,18,27H,6-7,14-17,19H2,1-5H3,(H,31,37). The number of likely N-dealkylation sites (N-methyl/N-ethyl adjacent to an activating group) is 1. The first-order valence-electron chi connectivity index (χ1n) is 13.6. The smallest absolute Gasteiger partial charge is 0.338 e. The summed E-state index contributed by atoms with van der Waals surface area (Å²) in [6.07, 6.45) is 0.746. The van der Waals surface area contributed by atoms with E-state index in [-0.39, 0.29) is 18.5 Å². The summed E-state index contributed by atoms with van der Waals surface area (Å²) in [5, 5.41) is 2.94. The predicted octanol–water partition coefficient (Wildman–Crippen LogP) is 3.07. The van der Waals surface area contributed by atoms with Crippen molar-refractivity contribution in [3.63, 3.8) is 0 Å². The van der Waals surface area contributed by atoms with Crippen molar-refractivity contribution in [2.45, 2.75) is 19.4 Å². The molecule has 11 heteroatoms. The molecule has 0 saturated carbocycles. The quantitative estimate of drug-likeness (QED) is 0.462. The fourth-order valence-corrected chi connectivity index (χ4v) is 5.15. The van der Waals surface area contributed by atoms with E-state index in [9.17, 15) is 14.4 Å². The van der Waals surface area contributed by atoms with Crippen LogP contribution in [0.25, 0.3) is 0 Å². The molecule has 0 aromatic heterocycles. The Hall–Kier alpha value is -4.25. The first kappa shape index (κ1) is 29.7. The van der Waals surface area contributed by atoms with Crippen molar-refractivity contribution in [2.75, 3.05) is 67.7 Å². The maximum absolute atomic E-state index is 13.4. The Morgan fingerprint density at radius 1 is 0.927 bits per heavy atom. The lowest BCUT2D eigenvalue weighted by molar-refractivity contribution is -0.139. The predicted molar refractivity (Wildman–Crippen MR) is 152 cm³/mol. The zero-order chi connectivity index (χ0) is 29.5. The summed E-state index contributed by atoms with van der Waals surface area (Å²) >= 11 is 0. The highest BCUT2D eigenvalue weighted by molar-refractivity contribution is 5.95. The highest BCUT2D eigenvalue weighted by atomic mass is 16.5. The van der Waals surface area contributed by atoms with Crippen LogP contribution in [0.15, 0.2) is 53.7 Å². The maximum Gasteiger partial charge on any atom is 0.338 e. The molecule has 0 aliphatic carbocycles. The van der Waals surface area contributed by atoms with Crippen LogP contribution in [0.5, 0.6) is 17.2 Å².